The molecule has 1 fully saturated rings. The standard InChI is InChI=1S/C24H20BrN3O3/c1-31-20-13-9-18(10-14-20)23(29)26-21-22(17-5-3-2-4-6-17)28(27-24(21)30)15-16-7-11-19(25)12-8-16/h2-15,21-22H,1H3,(H-,26,27,29,30)/p+1/b28-15-/t21-,22+/m1/s1. The summed E-state index contributed by atoms with van der Waals surface area (Å²) in [7, 11) is 1.57. The van der Waals surface area contributed by atoms with Crippen LogP contribution in [0, 0.1) is 0 Å². The fraction of sp³-hybridized carbons (Fsp3) is 0.125. The molecule has 156 valence electrons. The SMILES string of the molecule is COc1ccc(C(=O)N[C@H]2C(=O)N/[N+](=C\c3ccc(Br)cc3)[C@H]2c2ccccc2)cc1. The topological polar surface area (TPSA) is 70.4 Å². The zero-order chi connectivity index (χ0) is 21.8. The van der Waals surface area contributed by atoms with Gasteiger partial charge < -0.3 is 10.1 Å². The molecule has 1 aliphatic heterocycles. The summed E-state index contributed by atoms with van der Waals surface area (Å²) in [5, 5.41) is 2.89. The average molecular weight is 479 g/mol. The van der Waals surface area contributed by atoms with Crippen molar-refractivity contribution in [2.75, 3.05) is 7.11 Å². The van der Waals surface area contributed by atoms with E-state index in [-0.39, 0.29) is 11.8 Å². The van der Waals surface area contributed by atoms with Crippen molar-refractivity contribution in [1.29, 1.82) is 0 Å². The summed E-state index contributed by atoms with van der Waals surface area (Å²) >= 11 is 3.43. The van der Waals surface area contributed by atoms with Gasteiger partial charge in [-0.3, -0.25) is 9.59 Å². The van der Waals surface area contributed by atoms with Crippen LogP contribution >= 0.6 is 15.9 Å². The van der Waals surface area contributed by atoms with Crippen LogP contribution in [0.2, 0.25) is 0 Å². The summed E-state index contributed by atoms with van der Waals surface area (Å²) < 4.78 is 7.86. The first kappa shape index (κ1) is 20.8. The second kappa shape index (κ2) is 9.14. The fourth-order valence-corrected chi connectivity index (χ4v) is 3.77. The Hall–Kier alpha value is -3.45. The molecule has 1 saturated heterocycles. The Morgan fingerprint density at radius 2 is 1.71 bits per heavy atom. The zero-order valence-corrected chi connectivity index (χ0v) is 18.4. The molecule has 2 amide bonds. The highest BCUT2D eigenvalue weighted by atomic mass is 79.9. The monoisotopic (exact) mass is 478 g/mol. The van der Waals surface area contributed by atoms with Crippen LogP contribution in [0.15, 0.2) is 83.3 Å². The predicted octanol–water partition coefficient (Wildman–Crippen LogP) is 3.47. The predicted molar refractivity (Wildman–Crippen MR) is 121 cm³/mol. The van der Waals surface area contributed by atoms with Crippen molar-refractivity contribution in [3.05, 3.63) is 100 Å². The molecule has 0 radical (unpaired) electrons. The van der Waals surface area contributed by atoms with Crippen LogP contribution < -0.4 is 15.5 Å². The van der Waals surface area contributed by atoms with Crippen molar-refractivity contribution in [3.8, 4) is 5.75 Å². The maximum atomic E-state index is 12.9. The minimum atomic E-state index is -0.760. The van der Waals surface area contributed by atoms with Crippen LogP contribution in [0.25, 0.3) is 0 Å². The number of hydrogen-bond donors (Lipinski definition) is 2. The first-order chi connectivity index (χ1) is 15.0. The van der Waals surface area contributed by atoms with Gasteiger partial charge in [-0.15, -0.1) is 10.1 Å². The van der Waals surface area contributed by atoms with E-state index < -0.39 is 12.1 Å². The summed E-state index contributed by atoms with van der Waals surface area (Å²) in [6.45, 7) is 0. The normalized spacial score (nSPS) is 19.2. The Kier molecular flexibility index (Phi) is 6.13. The van der Waals surface area contributed by atoms with Crippen molar-refractivity contribution < 1.29 is 19.0 Å². The van der Waals surface area contributed by atoms with Crippen LogP contribution in [0.1, 0.15) is 27.5 Å². The lowest BCUT2D eigenvalue weighted by Crippen LogP contribution is -2.42. The number of ether oxygens (including phenoxy) is 1. The molecule has 31 heavy (non-hydrogen) atoms. The third-order valence-electron chi connectivity index (χ3n) is 5.08. The maximum absolute atomic E-state index is 12.9. The number of benzene rings is 3. The minimum absolute atomic E-state index is 0.274. The largest absolute Gasteiger partial charge is 0.497 e. The highest BCUT2D eigenvalue weighted by Gasteiger charge is 2.47. The molecule has 1 heterocycles. The molecule has 2 atom stereocenters. The number of carbonyl (C=O) groups is 2. The first-order valence-corrected chi connectivity index (χ1v) is 10.5. The van der Waals surface area contributed by atoms with E-state index in [9.17, 15) is 9.59 Å². The quantitative estimate of drug-likeness (QED) is 0.551. The molecule has 3 aromatic carbocycles. The third-order valence-corrected chi connectivity index (χ3v) is 5.60. The molecule has 7 heteroatoms. The molecule has 0 aromatic heterocycles. The van der Waals surface area contributed by atoms with E-state index in [1.807, 2.05) is 60.8 Å². The molecule has 6 nitrogen and oxygen atoms in total. The third kappa shape index (κ3) is 4.67. The number of hydrazone groups is 1. The number of amides is 2. The van der Waals surface area contributed by atoms with Gasteiger partial charge in [0.05, 0.1) is 7.11 Å². The number of nitrogens with one attached hydrogen (secondary N) is 2. The van der Waals surface area contributed by atoms with Gasteiger partial charge in [-0.2, -0.15) is 0 Å². The van der Waals surface area contributed by atoms with Crippen LogP contribution in [-0.2, 0) is 4.79 Å². The van der Waals surface area contributed by atoms with E-state index in [2.05, 4.69) is 26.7 Å². The van der Waals surface area contributed by atoms with Crippen molar-refractivity contribution in [2.24, 2.45) is 0 Å². The van der Waals surface area contributed by atoms with E-state index in [1.54, 1.807) is 36.1 Å². The van der Waals surface area contributed by atoms with Gasteiger partial charge in [0.1, 0.15) is 5.75 Å². The lowest BCUT2D eigenvalue weighted by atomic mass is 10.00. The summed E-state index contributed by atoms with van der Waals surface area (Å²) in [6, 6.07) is 23.0. The fourth-order valence-electron chi connectivity index (χ4n) is 3.51. The van der Waals surface area contributed by atoms with Gasteiger partial charge in [0.2, 0.25) is 12.3 Å². The molecule has 0 aliphatic carbocycles. The number of hydrogen-bond acceptors (Lipinski definition) is 3. The van der Waals surface area contributed by atoms with E-state index >= 15 is 0 Å². The molecular weight excluding hydrogens is 458 g/mol. The van der Waals surface area contributed by atoms with Gasteiger partial charge >= 0.3 is 5.91 Å². The molecule has 2 N–H and O–H groups in total. The second-order valence-corrected chi connectivity index (χ2v) is 8.01. The van der Waals surface area contributed by atoms with Crippen molar-refractivity contribution in [3.63, 3.8) is 0 Å². The van der Waals surface area contributed by atoms with Gasteiger partial charge in [0.25, 0.3) is 5.91 Å². The summed E-state index contributed by atoms with van der Waals surface area (Å²) in [6.07, 6.45) is 1.86. The molecule has 1 aliphatic rings. The lowest BCUT2D eigenvalue weighted by molar-refractivity contribution is -0.596. The Balaban J connectivity index is 1.65. The van der Waals surface area contributed by atoms with E-state index in [4.69, 9.17) is 4.74 Å². The number of carbonyl (C=O) groups excluding carboxylic acids is 2. The molecular formula is C24H21BrN3O3+. The van der Waals surface area contributed by atoms with Gasteiger partial charge in [0, 0.05) is 21.2 Å². The zero-order valence-electron chi connectivity index (χ0n) is 16.8. The van der Waals surface area contributed by atoms with Crippen LogP contribution in [0.5, 0.6) is 5.75 Å². The minimum Gasteiger partial charge on any atom is -0.497 e. The van der Waals surface area contributed by atoms with Gasteiger partial charge in [-0.25, -0.2) is 0 Å². The summed E-state index contributed by atoms with van der Waals surface area (Å²) in [5.74, 6) is 0.0610. The van der Waals surface area contributed by atoms with E-state index in [0.29, 0.717) is 11.3 Å². The number of halogens is 1. The Morgan fingerprint density at radius 1 is 1.03 bits per heavy atom. The van der Waals surface area contributed by atoms with Crippen LogP contribution in [0.4, 0.5) is 0 Å². The highest BCUT2D eigenvalue weighted by molar-refractivity contribution is 9.10. The number of hydrazine groups is 1. The van der Waals surface area contributed by atoms with Gasteiger partial charge in [0.15, 0.2) is 6.04 Å². The Labute approximate surface area is 188 Å². The van der Waals surface area contributed by atoms with Gasteiger partial charge in [-0.1, -0.05) is 46.3 Å². The number of methoxy groups -OCH3 is 1. The molecule has 0 saturated carbocycles. The molecule has 0 bridgehead atoms. The molecule has 4 rings (SSSR count). The summed E-state index contributed by atoms with van der Waals surface area (Å²) in [5.41, 5.74) is 5.17. The second-order valence-electron chi connectivity index (χ2n) is 7.10. The first-order valence-electron chi connectivity index (χ1n) is 9.74. The molecule has 0 unspecified atom stereocenters. The molecule has 0 spiro atoms. The molecule has 3 aromatic rings. The smallest absolute Gasteiger partial charge is 0.304 e. The number of rotatable bonds is 5. The van der Waals surface area contributed by atoms with E-state index in [1.165, 1.54) is 0 Å². The van der Waals surface area contributed by atoms with Gasteiger partial charge in [-0.05, 0) is 48.5 Å². The summed E-state index contributed by atoms with van der Waals surface area (Å²) in [4.78, 5) is 25.7. The van der Waals surface area contributed by atoms with Crippen molar-refractivity contribution in [1.82, 2.24) is 10.7 Å². The van der Waals surface area contributed by atoms with E-state index in [0.717, 1.165) is 15.6 Å². The lowest BCUT2D eigenvalue weighted by Gasteiger charge is -2.14. The van der Waals surface area contributed by atoms with Crippen LogP contribution in [0.3, 0.4) is 0 Å². The van der Waals surface area contributed by atoms with Crippen molar-refractivity contribution in [2.45, 2.75) is 12.1 Å². The van der Waals surface area contributed by atoms with Crippen molar-refractivity contribution >= 4 is 34.0 Å². The Morgan fingerprint density at radius 3 is 2.35 bits per heavy atom. The highest BCUT2D eigenvalue weighted by Crippen LogP contribution is 2.25. The Bertz CT molecular complexity index is 1110. The maximum Gasteiger partial charge on any atom is 0.304 e. The number of nitrogens with zero attached hydrogens (tertiary/aromatic N) is 1. The van der Waals surface area contributed by atoms with Crippen LogP contribution in [-0.4, -0.2) is 35.9 Å². The average Bonchev–Trinajstić information content (AvgIpc) is 3.10.